The van der Waals surface area contributed by atoms with Crippen LogP contribution in [0.15, 0.2) is 41.1 Å². The van der Waals surface area contributed by atoms with Crippen LogP contribution in [0.3, 0.4) is 0 Å². The number of rotatable bonds is 3. The zero-order valence-corrected chi connectivity index (χ0v) is 14.2. The van der Waals surface area contributed by atoms with Crippen molar-refractivity contribution in [3.8, 4) is 17.3 Å². The SMILES string of the molecule is N#C/C(=C\c1cccs1)c1nc(-c2ccc(Cl)cc2Cl)cs1. The van der Waals surface area contributed by atoms with Gasteiger partial charge in [-0.1, -0.05) is 29.3 Å². The number of halogens is 2. The van der Waals surface area contributed by atoms with E-state index in [1.54, 1.807) is 23.5 Å². The number of hydrogen-bond donors (Lipinski definition) is 0. The molecule has 0 amide bonds. The summed E-state index contributed by atoms with van der Waals surface area (Å²) in [6.45, 7) is 0. The van der Waals surface area contributed by atoms with Crippen LogP contribution in [-0.2, 0) is 0 Å². The maximum Gasteiger partial charge on any atom is 0.134 e. The summed E-state index contributed by atoms with van der Waals surface area (Å²) in [6.07, 6.45) is 1.84. The summed E-state index contributed by atoms with van der Waals surface area (Å²) in [5.74, 6) is 0. The molecule has 0 aliphatic rings. The standard InChI is InChI=1S/C16H8Cl2N2S2/c17-11-3-4-13(14(18)7-11)15-9-22-16(20-15)10(8-19)6-12-2-1-5-21-12/h1-7,9H/b10-6+. The zero-order valence-electron chi connectivity index (χ0n) is 11.1. The van der Waals surface area contributed by atoms with Gasteiger partial charge in [0.2, 0.25) is 0 Å². The second-order valence-corrected chi connectivity index (χ2v) is 7.03. The third-order valence-electron chi connectivity index (χ3n) is 2.89. The van der Waals surface area contributed by atoms with E-state index in [-0.39, 0.29) is 0 Å². The Labute approximate surface area is 145 Å². The van der Waals surface area contributed by atoms with Gasteiger partial charge in [0.1, 0.15) is 11.1 Å². The van der Waals surface area contributed by atoms with Crippen molar-refractivity contribution in [1.29, 1.82) is 5.26 Å². The minimum absolute atomic E-state index is 0.545. The summed E-state index contributed by atoms with van der Waals surface area (Å²) in [7, 11) is 0. The molecule has 0 aliphatic heterocycles. The fourth-order valence-electron chi connectivity index (χ4n) is 1.88. The van der Waals surface area contributed by atoms with Crippen molar-refractivity contribution in [2.75, 3.05) is 0 Å². The quantitative estimate of drug-likeness (QED) is 0.516. The molecule has 22 heavy (non-hydrogen) atoms. The molecule has 0 saturated carbocycles. The zero-order chi connectivity index (χ0) is 15.5. The monoisotopic (exact) mass is 362 g/mol. The van der Waals surface area contributed by atoms with Crippen LogP contribution >= 0.6 is 45.9 Å². The van der Waals surface area contributed by atoms with Crippen LogP contribution in [0.1, 0.15) is 9.88 Å². The molecule has 0 radical (unpaired) electrons. The highest BCUT2D eigenvalue weighted by Crippen LogP contribution is 2.33. The Bertz CT molecular complexity index is 874. The number of nitriles is 1. The number of allylic oxidation sites excluding steroid dienone is 1. The summed E-state index contributed by atoms with van der Waals surface area (Å²) in [6, 6.07) is 11.4. The largest absolute Gasteiger partial charge is 0.235 e. The molecule has 2 nitrogen and oxygen atoms in total. The maximum absolute atomic E-state index is 9.36. The van der Waals surface area contributed by atoms with E-state index in [4.69, 9.17) is 23.2 Å². The van der Waals surface area contributed by atoms with Crippen molar-refractivity contribution in [3.63, 3.8) is 0 Å². The third-order valence-corrected chi connectivity index (χ3v) is 5.13. The molecule has 0 atom stereocenters. The van der Waals surface area contributed by atoms with Crippen LogP contribution in [0.2, 0.25) is 10.0 Å². The average molecular weight is 363 g/mol. The highest BCUT2D eigenvalue weighted by atomic mass is 35.5. The van der Waals surface area contributed by atoms with Gasteiger partial charge in [0.25, 0.3) is 0 Å². The molecular weight excluding hydrogens is 355 g/mol. The van der Waals surface area contributed by atoms with Gasteiger partial charge in [0.05, 0.1) is 16.3 Å². The summed E-state index contributed by atoms with van der Waals surface area (Å²) < 4.78 is 0. The van der Waals surface area contributed by atoms with Gasteiger partial charge in [-0.2, -0.15) is 5.26 Å². The van der Waals surface area contributed by atoms with Crippen molar-refractivity contribution in [3.05, 3.63) is 61.0 Å². The Morgan fingerprint density at radius 3 is 2.77 bits per heavy atom. The van der Waals surface area contributed by atoms with Gasteiger partial charge in [-0.05, 0) is 35.7 Å². The van der Waals surface area contributed by atoms with Crippen LogP contribution < -0.4 is 0 Å². The fraction of sp³-hybridized carbons (Fsp3) is 0. The molecule has 108 valence electrons. The van der Waals surface area contributed by atoms with Gasteiger partial charge in [-0.15, -0.1) is 22.7 Å². The number of nitrogens with zero attached hydrogens (tertiary/aromatic N) is 2. The first-order valence-electron chi connectivity index (χ1n) is 6.24. The van der Waals surface area contributed by atoms with Gasteiger partial charge >= 0.3 is 0 Å². The molecule has 2 heterocycles. The molecule has 0 bridgehead atoms. The van der Waals surface area contributed by atoms with Gasteiger partial charge in [-0.25, -0.2) is 4.98 Å². The molecule has 6 heteroatoms. The van der Waals surface area contributed by atoms with E-state index in [1.807, 2.05) is 35.0 Å². The van der Waals surface area contributed by atoms with Crippen LogP contribution in [0.25, 0.3) is 22.9 Å². The topological polar surface area (TPSA) is 36.7 Å². The van der Waals surface area contributed by atoms with E-state index >= 15 is 0 Å². The maximum atomic E-state index is 9.36. The van der Waals surface area contributed by atoms with E-state index in [0.29, 0.717) is 20.6 Å². The van der Waals surface area contributed by atoms with Crippen molar-refractivity contribution in [1.82, 2.24) is 4.98 Å². The minimum atomic E-state index is 0.545. The van der Waals surface area contributed by atoms with Crippen LogP contribution in [0, 0.1) is 11.3 Å². The Hall–Kier alpha value is -1.64. The third kappa shape index (κ3) is 3.23. The molecule has 0 spiro atoms. The smallest absolute Gasteiger partial charge is 0.134 e. The van der Waals surface area contributed by atoms with Crippen molar-refractivity contribution in [2.24, 2.45) is 0 Å². The molecule has 3 rings (SSSR count). The van der Waals surface area contributed by atoms with Crippen LogP contribution in [-0.4, -0.2) is 4.98 Å². The second-order valence-electron chi connectivity index (χ2n) is 4.35. The normalized spacial score (nSPS) is 11.4. The lowest BCUT2D eigenvalue weighted by Crippen LogP contribution is -1.83. The van der Waals surface area contributed by atoms with Crippen LogP contribution in [0.4, 0.5) is 0 Å². The van der Waals surface area contributed by atoms with E-state index in [0.717, 1.165) is 16.1 Å². The Morgan fingerprint density at radius 1 is 1.23 bits per heavy atom. The summed E-state index contributed by atoms with van der Waals surface area (Å²) in [5, 5.41) is 15.0. The number of benzene rings is 1. The summed E-state index contributed by atoms with van der Waals surface area (Å²) >= 11 is 15.1. The lowest BCUT2D eigenvalue weighted by Gasteiger charge is -2.00. The first kappa shape index (κ1) is 15.3. The predicted molar refractivity (Wildman–Crippen MR) is 95.4 cm³/mol. The fourth-order valence-corrected chi connectivity index (χ4v) is 3.82. The highest BCUT2D eigenvalue weighted by Gasteiger charge is 2.12. The van der Waals surface area contributed by atoms with Crippen LogP contribution in [0.5, 0.6) is 0 Å². The Morgan fingerprint density at radius 2 is 2.09 bits per heavy atom. The lowest BCUT2D eigenvalue weighted by atomic mass is 10.2. The molecule has 1 aromatic carbocycles. The molecular formula is C16H8Cl2N2S2. The summed E-state index contributed by atoms with van der Waals surface area (Å²) in [4.78, 5) is 5.55. The first-order valence-corrected chi connectivity index (χ1v) is 8.75. The second kappa shape index (κ2) is 6.64. The number of aromatic nitrogens is 1. The number of thiophene rings is 1. The number of hydrogen-bond acceptors (Lipinski definition) is 4. The average Bonchev–Trinajstić information content (AvgIpc) is 3.16. The predicted octanol–water partition coefficient (Wildman–Crippen LogP) is 6.24. The summed E-state index contributed by atoms with van der Waals surface area (Å²) in [5.41, 5.74) is 2.10. The van der Waals surface area contributed by atoms with Gasteiger partial charge in [0.15, 0.2) is 0 Å². The molecule has 0 saturated heterocycles. The van der Waals surface area contributed by atoms with E-state index in [1.165, 1.54) is 11.3 Å². The Kier molecular flexibility index (Phi) is 4.60. The van der Waals surface area contributed by atoms with E-state index in [9.17, 15) is 5.26 Å². The number of thiazole rings is 1. The molecule has 0 aliphatic carbocycles. The van der Waals surface area contributed by atoms with Crippen molar-refractivity contribution >= 4 is 57.5 Å². The van der Waals surface area contributed by atoms with E-state index in [2.05, 4.69) is 11.1 Å². The van der Waals surface area contributed by atoms with E-state index < -0.39 is 0 Å². The lowest BCUT2D eigenvalue weighted by molar-refractivity contribution is 1.37. The molecule has 0 unspecified atom stereocenters. The molecule has 2 aromatic heterocycles. The first-order chi connectivity index (χ1) is 10.7. The Balaban J connectivity index is 1.98. The van der Waals surface area contributed by atoms with Crippen molar-refractivity contribution in [2.45, 2.75) is 0 Å². The van der Waals surface area contributed by atoms with Gasteiger partial charge in [-0.3, -0.25) is 0 Å². The van der Waals surface area contributed by atoms with Gasteiger partial charge in [0, 0.05) is 20.8 Å². The minimum Gasteiger partial charge on any atom is -0.235 e. The molecule has 0 N–H and O–H groups in total. The highest BCUT2D eigenvalue weighted by molar-refractivity contribution is 7.12. The van der Waals surface area contributed by atoms with Crippen molar-refractivity contribution < 1.29 is 0 Å². The molecule has 0 fully saturated rings. The molecule has 3 aromatic rings. The van der Waals surface area contributed by atoms with Gasteiger partial charge < -0.3 is 0 Å².